The van der Waals surface area contributed by atoms with Crippen LogP contribution < -0.4 is 5.73 Å². The van der Waals surface area contributed by atoms with Crippen LogP contribution in [0.4, 0.5) is 0 Å². The van der Waals surface area contributed by atoms with Crippen LogP contribution in [-0.4, -0.2) is 49.3 Å². The molecule has 0 saturated heterocycles. The van der Waals surface area contributed by atoms with E-state index in [1.165, 1.54) is 64.2 Å². The number of carbonyl (C=O) groups is 2. The highest BCUT2D eigenvalue weighted by Crippen LogP contribution is 2.43. The molecule has 0 aromatic heterocycles. The molecule has 0 amide bonds. The van der Waals surface area contributed by atoms with Gasteiger partial charge in [0.25, 0.3) is 0 Å². The van der Waals surface area contributed by atoms with Crippen molar-refractivity contribution in [2.45, 2.75) is 200 Å². The lowest BCUT2D eigenvalue weighted by Crippen LogP contribution is -2.29. The number of allylic oxidation sites excluding steroid dienone is 18. The molecule has 2 atom stereocenters. The Bertz CT molecular complexity index is 1430. The number of rotatable bonds is 46. The predicted molar refractivity (Wildman–Crippen MR) is 275 cm³/mol. The Morgan fingerprint density at radius 1 is 0.462 bits per heavy atom. The SMILES string of the molecule is CC/C=C\C/C=C\C/C=C\C/C=C\C/C=C\CCCCCCCCCCCCCCCC(=O)OC(COC(=O)CCCC/C=C\C/C=C\C/C=C\C/C=C\CC)COP(=O)(O)OCCN. The molecule has 370 valence electrons. The van der Waals surface area contributed by atoms with E-state index in [1.807, 2.05) is 0 Å². The molecule has 0 spiro atoms. The van der Waals surface area contributed by atoms with Crippen LogP contribution in [0.2, 0.25) is 0 Å². The number of hydrogen-bond acceptors (Lipinski definition) is 8. The van der Waals surface area contributed by atoms with Gasteiger partial charge in [0.05, 0.1) is 13.2 Å². The molecule has 0 rings (SSSR count). The Morgan fingerprint density at radius 3 is 1.22 bits per heavy atom. The van der Waals surface area contributed by atoms with Gasteiger partial charge in [-0.25, -0.2) is 4.57 Å². The third-order valence-electron chi connectivity index (χ3n) is 10.2. The Labute approximate surface area is 397 Å². The summed E-state index contributed by atoms with van der Waals surface area (Å²) in [6.45, 7) is 3.45. The van der Waals surface area contributed by atoms with Crippen LogP contribution in [0.5, 0.6) is 0 Å². The van der Waals surface area contributed by atoms with E-state index in [4.69, 9.17) is 24.3 Å². The van der Waals surface area contributed by atoms with E-state index in [2.05, 4.69) is 123 Å². The standard InChI is InChI=1S/C55H92NO8P/c1-3-5-7-9-11-13-15-17-19-20-21-22-23-24-25-26-27-28-29-30-31-32-34-36-38-40-42-44-46-48-55(58)64-53(52-63-65(59,60)62-50-49-56)51-61-54(57)47-45-43-41-39-37-35-33-18-16-14-12-10-8-6-4-2/h5-8,11-14,17-19,21-22,24-25,33,37,39,53H,3-4,9-10,15-16,20,23,26-32,34-36,38,40-52,56H2,1-2H3,(H,59,60)/b7-5-,8-6-,13-11-,14-12-,19-17-,22-21-,25-24-,33-18-,39-37-. The molecule has 65 heavy (non-hydrogen) atoms. The van der Waals surface area contributed by atoms with Crippen LogP contribution in [0, 0.1) is 0 Å². The number of phosphoric ester groups is 1. The van der Waals surface area contributed by atoms with Gasteiger partial charge < -0.3 is 20.1 Å². The highest BCUT2D eigenvalue weighted by molar-refractivity contribution is 7.47. The molecule has 0 radical (unpaired) electrons. The van der Waals surface area contributed by atoms with Gasteiger partial charge >= 0.3 is 19.8 Å². The van der Waals surface area contributed by atoms with Crippen molar-refractivity contribution in [2.75, 3.05) is 26.4 Å². The topological polar surface area (TPSA) is 134 Å². The van der Waals surface area contributed by atoms with E-state index in [1.54, 1.807) is 0 Å². The van der Waals surface area contributed by atoms with Crippen molar-refractivity contribution in [2.24, 2.45) is 5.73 Å². The lowest BCUT2D eigenvalue weighted by atomic mass is 10.0. The Kier molecular flexibility index (Phi) is 47.5. The molecular weight excluding hydrogens is 834 g/mol. The molecular formula is C55H92NO8P. The van der Waals surface area contributed by atoms with Crippen LogP contribution in [0.25, 0.3) is 0 Å². The van der Waals surface area contributed by atoms with E-state index >= 15 is 0 Å². The highest BCUT2D eigenvalue weighted by atomic mass is 31.2. The highest BCUT2D eigenvalue weighted by Gasteiger charge is 2.26. The van der Waals surface area contributed by atoms with Crippen LogP contribution in [0.3, 0.4) is 0 Å². The molecule has 0 aliphatic heterocycles. The van der Waals surface area contributed by atoms with Gasteiger partial charge in [0.1, 0.15) is 6.61 Å². The van der Waals surface area contributed by atoms with Gasteiger partial charge in [-0.05, 0) is 96.3 Å². The zero-order valence-electron chi connectivity index (χ0n) is 40.9. The molecule has 0 aliphatic carbocycles. The first-order valence-corrected chi connectivity index (χ1v) is 26.9. The fraction of sp³-hybridized carbons (Fsp3) is 0.636. The number of ether oxygens (including phenoxy) is 2. The molecule has 0 saturated carbocycles. The summed E-state index contributed by atoms with van der Waals surface area (Å²) in [6, 6.07) is 0. The van der Waals surface area contributed by atoms with Gasteiger partial charge in [-0.2, -0.15) is 0 Å². The van der Waals surface area contributed by atoms with Crippen LogP contribution in [0.1, 0.15) is 194 Å². The molecule has 2 unspecified atom stereocenters. The molecule has 0 bridgehead atoms. The molecule has 0 aromatic rings. The van der Waals surface area contributed by atoms with E-state index in [0.29, 0.717) is 12.8 Å². The summed E-state index contributed by atoms with van der Waals surface area (Å²) in [4.78, 5) is 35.0. The molecule has 0 heterocycles. The first-order valence-electron chi connectivity index (χ1n) is 25.4. The first-order chi connectivity index (χ1) is 31.8. The average molecular weight is 926 g/mol. The Balaban J connectivity index is 4.05. The maximum absolute atomic E-state index is 12.7. The summed E-state index contributed by atoms with van der Waals surface area (Å²) in [5.74, 6) is -0.885. The third kappa shape index (κ3) is 49.9. The second-order valence-electron chi connectivity index (χ2n) is 16.3. The molecule has 0 aromatic carbocycles. The summed E-state index contributed by atoms with van der Waals surface area (Å²) in [5, 5.41) is 0. The van der Waals surface area contributed by atoms with Gasteiger partial charge in [0.2, 0.25) is 0 Å². The predicted octanol–water partition coefficient (Wildman–Crippen LogP) is 15.5. The number of phosphoric acid groups is 1. The maximum Gasteiger partial charge on any atom is 0.472 e. The average Bonchev–Trinajstić information content (AvgIpc) is 3.30. The van der Waals surface area contributed by atoms with Gasteiger partial charge in [0.15, 0.2) is 6.10 Å². The minimum atomic E-state index is -4.40. The quantitative estimate of drug-likeness (QED) is 0.0265. The van der Waals surface area contributed by atoms with Crippen molar-refractivity contribution in [3.05, 3.63) is 109 Å². The Hall–Kier alpha value is -3.33. The number of hydrogen-bond donors (Lipinski definition) is 2. The molecule has 10 heteroatoms. The number of unbranched alkanes of at least 4 members (excludes halogenated alkanes) is 15. The van der Waals surface area contributed by atoms with Gasteiger partial charge in [-0.15, -0.1) is 0 Å². The number of carbonyl (C=O) groups excluding carboxylic acids is 2. The lowest BCUT2D eigenvalue weighted by molar-refractivity contribution is -0.161. The zero-order valence-corrected chi connectivity index (χ0v) is 41.8. The zero-order chi connectivity index (χ0) is 47.4. The molecule has 0 aliphatic rings. The van der Waals surface area contributed by atoms with E-state index in [0.717, 1.165) is 89.9 Å². The van der Waals surface area contributed by atoms with Gasteiger partial charge in [0, 0.05) is 19.4 Å². The van der Waals surface area contributed by atoms with Crippen molar-refractivity contribution in [3.8, 4) is 0 Å². The fourth-order valence-electron chi connectivity index (χ4n) is 6.48. The molecule has 0 fully saturated rings. The second kappa shape index (κ2) is 50.1. The van der Waals surface area contributed by atoms with Crippen LogP contribution >= 0.6 is 7.82 Å². The van der Waals surface area contributed by atoms with Gasteiger partial charge in [-0.1, -0.05) is 194 Å². The van der Waals surface area contributed by atoms with E-state index in [-0.39, 0.29) is 32.6 Å². The monoisotopic (exact) mass is 926 g/mol. The summed E-state index contributed by atoms with van der Waals surface area (Å²) in [6.07, 6.45) is 67.1. The maximum atomic E-state index is 12.7. The lowest BCUT2D eigenvalue weighted by Gasteiger charge is -2.19. The van der Waals surface area contributed by atoms with Crippen molar-refractivity contribution >= 4 is 19.8 Å². The summed E-state index contributed by atoms with van der Waals surface area (Å²) in [7, 11) is -4.40. The van der Waals surface area contributed by atoms with Gasteiger partial charge in [-0.3, -0.25) is 18.6 Å². The molecule has 3 N–H and O–H groups in total. The van der Waals surface area contributed by atoms with E-state index in [9.17, 15) is 19.0 Å². The minimum Gasteiger partial charge on any atom is -0.462 e. The van der Waals surface area contributed by atoms with Crippen molar-refractivity contribution in [3.63, 3.8) is 0 Å². The molecule has 9 nitrogen and oxygen atoms in total. The smallest absolute Gasteiger partial charge is 0.462 e. The largest absolute Gasteiger partial charge is 0.472 e. The van der Waals surface area contributed by atoms with Crippen LogP contribution in [-0.2, 0) is 32.7 Å². The number of esters is 2. The third-order valence-corrected chi connectivity index (χ3v) is 11.1. The van der Waals surface area contributed by atoms with E-state index < -0.39 is 32.5 Å². The van der Waals surface area contributed by atoms with Crippen molar-refractivity contribution in [1.29, 1.82) is 0 Å². The number of nitrogens with two attached hydrogens (primary N) is 1. The fourth-order valence-corrected chi connectivity index (χ4v) is 7.24. The Morgan fingerprint density at radius 2 is 0.800 bits per heavy atom. The normalized spacial score (nSPS) is 14.1. The summed E-state index contributed by atoms with van der Waals surface area (Å²) in [5.41, 5.74) is 5.36. The van der Waals surface area contributed by atoms with Crippen molar-refractivity contribution < 1.29 is 37.6 Å². The van der Waals surface area contributed by atoms with Crippen molar-refractivity contribution in [1.82, 2.24) is 0 Å². The second-order valence-corrected chi connectivity index (χ2v) is 17.7. The summed E-state index contributed by atoms with van der Waals surface area (Å²) >= 11 is 0. The first kappa shape index (κ1) is 61.7. The summed E-state index contributed by atoms with van der Waals surface area (Å²) < 4.78 is 32.8. The van der Waals surface area contributed by atoms with Crippen LogP contribution in [0.15, 0.2) is 109 Å². The minimum absolute atomic E-state index is 0.0422.